The number of hydrogen-bond acceptors (Lipinski definition) is 8. The molecular weight excluding hydrogens is 1160 g/mol. The summed E-state index contributed by atoms with van der Waals surface area (Å²) in [5, 5.41) is 12.6. The molecule has 92 heavy (non-hydrogen) atoms. The van der Waals surface area contributed by atoms with Gasteiger partial charge in [-0.25, -0.2) is 29.9 Å². The highest BCUT2D eigenvalue weighted by molar-refractivity contribution is 7.26. The monoisotopic (exact) mass is 1210 g/mol. The van der Waals surface area contributed by atoms with Gasteiger partial charge in [0.25, 0.3) is 0 Å². The van der Waals surface area contributed by atoms with Crippen LogP contribution in [-0.4, -0.2) is 29.9 Å². The third kappa shape index (κ3) is 10.0. The molecule has 0 amide bonds. The summed E-state index contributed by atoms with van der Waals surface area (Å²) in [5.41, 5.74) is 12.9. The van der Waals surface area contributed by atoms with Gasteiger partial charge in [0, 0.05) is 73.7 Å². The molecule has 0 saturated carbocycles. The Morgan fingerprint density at radius 1 is 0.163 bits per heavy atom. The molecule has 0 unspecified atom stereocenters. The molecule has 6 nitrogen and oxygen atoms in total. The number of fused-ring (bicyclic) bond motifs is 12. The lowest BCUT2D eigenvalue weighted by atomic mass is 9.90. The van der Waals surface area contributed by atoms with Crippen molar-refractivity contribution in [1.29, 1.82) is 0 Å². The molecule has 430 valence electrons. The van der Waals surface area contributed by atoms with Crippen molar-refractivity contribution in [2.24, 2.45) is 0 Å². The van der Waals surface area contributed by atoms with Crippen molar-refractivity contribution in [2.45, 2.75) is 0 Å². The minimum absolute atomic E-state index is 0.658. The van der Waals surface area contributed by atoms with Gasteiger partial charge in [0.1, 0.15) is 0 Å². The maximum atomic E-state index is 5.10. The lowest BCUT2D eigenvalue weighted by Crippen LogP contribution is -2.00. The van der Waals surface area contributed by atoms with Gasteiger partial charge >= 0.3 is 0 Å². The van der Waals surface area contributed by atoms with Crippen LogP contribution in [0.2, 0.25) is 0 Å². The van der Waals surface area contributed by atoms with Gasteiger partial charge in [-0.1, -0.05) is 273 Å². The summed E-state index contributed by atoms with van der Waals surface area (Å²) in [4.78, 5) is 30.2. The maximum absolute atomic E-state index is 5.10. The number of thiophene rings is 2. The van der Waals surface area contributed by atoms with E-state index in [1.54, 1.807) is 0 Å². The Morgan fingerprint density at radius 2 is 0.467 bits per heavy atom. The summed E-state index contributed by atoms with van der Waals surface area (Å²) in [5.74, 6) is 3.95. The van der Waals surface area contributed by atoms with Gasteiger partial charge in [0.15, 0.2) is 34.9 Å². The first kappa shape index (κ1) is 54.5. The number of benzene rings is 14. The van der Waals surface area contributed by atoms with Crippen LogP contribution in [0.1, 0.15) is 0 Å². The van der Waals surface area contributed by atoms with Crippen molar-refractivity contribution in [3.05, 3.63) is 315 Å². The van der Waals surface area contributed by atoms with E-state index in [-0.39, 0.29) is 0 Å². The molecule has 0 saturated heterocycles. The largest absolute Gasteiger partial charge is 0.208 e. The minimum atomic E-state index is 0.658. The van der Waals surface area contributed by atoms with Crippen molar-refractivity contribution >= 4 is 95.3 Å². The lowest BCUT2D eigenvalue weighted by Gasteiger charge is -2.14. The first-order valence-electron chi connectivity index (χ1n) is 30.7. The Bertz CT molecular complexity index is 5670. The Kier molecular flexibility index (Phi) is 13.8. The summed E-state index contributed by atoms with van der Waals surface area (Å²) >= 11 is 3.63. The van der Waals surface area contributed by atoms with E-state index in [1.807, 2.05) is 120 Å². The highest BCUT2D eigenvalue weighted by atomic mass is 32.1. The van der Waals surface area contributed by atoms with E-state index in [2.05, 4.69) is 218 Å². The van der Waals surface area contributed by atoms with E-state index in [0.29, 0.717) is 34.9 Å². The van der Waals surface area contributed by atoms with Crippen LogP contribution in [-0.2, 0) is 0 Å². The van der Waals surface area contributed by atoms with Crippen LogP contribution >= 0.6 is 22.7 Å². The molecular formula is C84H52N6S2. The molecule has 8 heteroatoms. The predicted molar refractivity (Wildman–Crippen MR) is 387 cm³/mol. The molecule has 0 N–H and O–H groups in total. The molecule has 4 heterocycles. The first-order valence-corrected chi connectivity index (χ1v) is 32.4. The SMILES string of the molecule is c1ccc(-c2nc(-c3ccccc3)nc(-c3cc(-c4ccc5c6ccccc6c6ccccc6c5c4)c4c(c3)sc3ccccc34)n2)cc1.c1ccc(-c2nc(-c3ccccc3)nc(-c3cc(-c4ccccc4-c4ccccc4)c4c(c3)sc3ccccc34)n2)cc1. The molecule has 0 aliphatic heterocycles. The molecule has 0 spiro atoms. The van der Waals surface area contributed by atoms with Crippen molar-refractivity contribution in [2.75, 3.05) is 0 Å². The molecule has 0 aliphatic rings. The van der Waals surface area contributed by atoms with Crippen LogP contribution in [0, 0.1) is 0 Å². The van der Waals surface area contributed by atoms with Gasteiger partial charge in [0.05, 0.1) is 0 Å². The zero-order chi connectivity index (χ0) is 60.9. The number of rotatable bonds is 9. The topological polar surface area (TPSA) is 77.3 Å². The van der Waals surface area contributed by atoms with Gasteiger partial charge < -0.3 is 0 Å². The molecule has 0 bridgehead atoms. The summed E-state index contributed by atoms with van der Waals surface area (Å²) in [6, 6.07) is 111. The quantitative estimate of drug-likeness (QED) is 0.134. The van der Waals surface area contributed by atoms with E-state index >= 15 is 0 Å². The number of nitrogens with zero attached hydrogens (tertiary/aromatic N) is 6. The molecule has 0 radical (unpaired) electrons. The minimum Gasteiger partial charge on any atom is -0.208 e. The Morgan fingerprint density at radius 3 is 0.891 bits per heavy atom. The van der Waals surface area contributed by atoms with Crippen molar-refractivity contribution in [1.82, 2.24) is 29.9 Å². The number of aromatic nitrogens is 6. The molecule has 0 fully saturated rings. The smallest absolute Gasteiger partial charge is 0.164 e. The van der Waals surface area contributed by atoms with Gasteiger partial charge in [-0.15, -0.1) is 22.7 Å². The van der Waals surface area contributed by atoms with E-state index in [9.17, 15) is 0 Å². The fourth-order valence-electron chi connectivity index (χ4n) is 12.9. The van der Waals surface area contributed by atoms with E-state index in [0.717, 1.165) is 33.4 Å². The first-order chi connectivity index (χ1) is 45.6. The molecule has 18 aromatic rings. The zero-order valence-corrected chi connectivity index (χ0v) is 51.2. The Labute approximate surface area is 538 Å². The normalized spacial score (nSPS) is 11.5. The average Bonchev–Trinajstić information content (AvgIpc) is 1.24. The highest BCUT2D eigenvalue weighted by Gasteiger charge is 2.22. The third-order valence-electron chi connectivity index (χ3n) is 17.2. The fraction of sp³-hybridized carbons (Fsp3) is 0. The molecule has 4 aromatic heterocycles. The fourth-order valence-corrected chi connectivity index (χ4v) is 15.3. The van der Waals surface area contributed by atoms with Gasteiger partial charge in [-0.3, -0.25) is 0 Å². The molecule has 18 rings (SSSR count). The summed E-state index contributed by atoms with van der Waals surface area (Å²) in [6.07, 6.45) is 0. The van der Waals surface area contributed by atoms with E-state index < -0.39 is 0 Å². The van der Waals surface area contributed by atoms with Crippen LogP contribution in [0.5, 0.6) is 0 Å². The number of hydrogen-bond donors (Lipinski definition) is 0. The van der Waals surface area contributed by atoms with Gasteiger partial charge in [-0.2, -0.15) is 0 Å². The summed E-state index contributed by atoms with van der Waals surface area (Å²) < 4.78 is 4.94. The zero-order valence-electron chi connectivity index (χ0n) is 49.5. The van der Waals surface area contributed by atoms with Gasteiger partial charge in [-0.05, 0) is 108 Å². The Balaban J connectivity index is 0.000000142. The van der Waals surface area contributed by atoms with Gasteiger partial charge in [0.2, 0.25) is 0 Å². The maximum Gasteiger partial charge on any atom is 0.164 e. The molecule has 0 atom stereocenters. The van der Waals surface area contributed by atoms with E-state index in [4.69, 9.17) is 29.9 Å². The van der Waals surface area contributed by atoms with Crippen LogP contribution in [0.3, 0.4) is 0 Å². The third-order valence-corrected chi connectivity index (χ3v) is 19.5. The van der Waals surface area contributed by atoms with E-state index in [1.165, 1.54) is 106 Å². The predicted octanol–water partition coefficient (Wildman–Crippen LogP) is 22.9. The standard InChI is InChI=1S/C45H27N3S.C39H25N3S/c1-3-13-28(14-4-1)43-46-44(29-15-5-2-6-16-29)48-45(47-43)31-26-38(42-37-21-11-12-22-40(37)49-41(42)27-31)30-23-24-36-34-19-8-7-17-32(34)33-18-9-10-20-35(33)39(36)25-30;1-4-14-26(15-5-1)30-20-10-11-21-31(30)33-24-29(25-35-36(33)32-22-12-13-23-34(32)43-35)39-41-37(27-16-6-2-7-17-27)40-38(42-39)28-18-8-3-9-19-28/h1-27H;1-25H. The summed E-state index contributed by atoms with van der Waals surface area (Å²) in [6.45, 7) is 0. The second-order valence-corrected chi connectivity index (χ2v) is 25.0. The van der Waals surface area contributed by atoms with Crippen molar-refractivity contribution in [3.63, 3.8) is 0 Å². The average molecular weight is 1210 g/mol. The van der Waals surface area contributed by atoms with Crippen LogP contribution < -0.4 is 0 Å². The van der Waals surface area contributed by atoms with Crippen LogP contribution in [0.25, 0.3) is 174 Å². The molecule has 14 aromatic carbocycles. The molecule has 0 aliphatic carbocycles. The van der Waals surface area contributed by atoms with Crippen molar-refractivity contribution in [3.8, 4) is 102 Å². The van der Waals surface area contributed by atoms with Crippen molar-refractivity contribution < 1.29 is 0 Å². The second-order valence-electron chi connectivity index (χ2n) is 22.8. The highest BCUT2D eigenvalue weighted by Crippen LogP contribution is 2.47. The Hall–Kier alpha value is -11.7. The lowest BCUT2D eigenvalue weighted by molar-refractivity contribution is 1.07. The van der Waals surface area contributed by atoms with Crippen LogP contribution in [0.4, 0.5) is 0 Å². The van der Waals surface area contributed by atoms with Crippen LogP contribution in [0.15, 0.2) is 315 Å². The summed E-state index contributed by atoms with van der Waals surface area (Å²) in [7, 11) is 0. The second kappa shape index (κ2) is 23.4.